The monoisotopic (exact) mass is 446 g/mol. The number of pyridine rings is 1. The van der Waals surface area contributed by atoms with Gasteiger partial charge in [-0.25, -0.2) is 0 Å². The van der Waals surface area contributed by atoms with Crippen molar-refractivity contribution in [3.8, 4) is 6.07 Å². The summed E-state index contributed by atoms with van der Waals surface area (Å²) in [6, 6.07) is 7.82. The van der Waals surface area contributed by atoms with Crippen LogP contribution in [0.5, 0.6) is 0 Å². The number of rotatable bonds is 7. The van der Waals surface area contributed by atoms with Crippen molar-refractivity contribution < 1.29 is 13.2 Å². The minimum absolute atomic E-state index is 0.131. The molecular formula is C22H25F3N6O. The van der Waals surface area contributed by atoms with Crippen LogP contribution in [0.4, 0.5) is 24.7 Å². The molecule has 10 heteroatoms. The predicted octanol–water partition coefficient (Wildman–Crippen LogP) is 4.62. The maximum Gasteiger partial charge on any atom is 0.407 e. The van der Waals surface area contributed by atoms with Crippen molar-refractivity contribution in [3.05, 3.63) is 52.4 Å². The second kappa shape index (κ2) is 9.87. The van der Waals surface area contributed by atoms with Crippen LogP contribution in [0.2, 0.25) is 0 Å². The summed E-state index contributed by atoms with van der Waals surface area (Å²) >= 11 is 0. The van der Waals surface area contributed by atoms with Crippen molar-refractivity contribution in [2.75, 3.05) is 11.9 Å². The van der Waals surface area contributed by atoms with Gasteiger partial charge in [-0.3, -0.25) is 9.48 Å². The first kappa shape index (κ1) is 23.3. The molecular weight excluding hydrogens is 421 g/mol. The number of alkyl halides is 3. The number of nitriles is 1. The third-order valence-corrected chi connectivity index (χ3v) is 5.04. The van der Waals surface area contributed by atoms with Gasteiger partial charge in [-0.05, 0) is 49.1 Å². The number of nitrogens with zero attached hydrogens (tertiary/aromatic N) is 3. The average molecular weight is 446 g/mol. The van der Waals surface area contributed by atoms with Crippen molar-refractivity contribution in [2.45, 2.75) is 45.5 Å². The standard InChI is InChI=1S/C20H22F3N5O.C2H3N/c1-2-24-17(20(21,22)23)13-5-7-14(8-6-13)26-18-16-15(9-10-25-19(16)29)28(27-18)11-12-3-4-12;1-2-3/h5-10,12,17,24H,2-4,11H2,1H3,(H,25,29)(H,26,27);1H3. The highest BCUT2D eigenvalue weighted by atomic mass is 19.4. The third-order valence-electron chi connectivity index (χ3n) is 5.04. The number of H-pyrrole nitrogens is 1. The van der Waals surface area contributed by atoms with Gasteiger partial charge in [0.15, 0.2) is 5.82 Å². The van der Waals surface area contributed by atoms with Crippen LogP contribution in [0.3, 0.4) is 0 Å². The van der Waals surface area contributed by atoms with Crippen molar-refractivity contribution in [1.82, 2.24) is 20.1 Å². The lowest BCUT2D eigenvalue weighted by atomic mass is 10.1. The molecule has 4 rings (SSSR count). The summed E-state index contributed by atoms with van der Waals surface area (Å²) < 4.78 is 41.5. The zero-order valence-corrected chi connectivity index (χ0v) is 17.8. The number of fused-ring (bicyclic) bond motifs is 1. The van der Waals surface area contributed by atoms with E-state index in [1.807, 2.05) is 10.7 Å². The number of hydrogen-bond donors (Lipinski definition) is 3. The molecule has 1 unspecified atom stereocenters. The van der Waals surface area contributed by atoms with Crippen molar-refractivity contribution >= 4 is 22.4 Å². The normalized spacial score (nSPS) is 14.4. The molecule has 1 atom stereocenters. The van der Waals surface area contributed by atoms with E-state index in [0.717, 1.165) is 24.9 Å². The molecule has 1 fully saturated rings. The van der Waals surface area contributed by atoms with Crippen LogP contribution in [0.15, 0.2) is 41.3 Å². The van der Waals surface area contributed by atoms with Gasteiger partial charge >= 0.3 is 6.18 Å². The molecule has 0 radical (unpaired) electrons. The highest BCUT2D eigenvalue weighted by molar-refractivity contribution is 5.91. The Bertz CT molecular complexity index is 1140. The molecule has 32 heavy (non-hydrogen) atoms. The SMILES string of the molecule is CC#N.CCNC(c1ccc(Nc2nn(CC3CC3)c3cc[nH]c(=O)c23)cc1)C(F)(F)F. The smallest absolute Gasteiger partial charge is 0.338 e. The van der Waals surface area contributed by atoms with Gasteiger partial charge in [-0.1, -0.05) is 19.1 Å². The van der Waals surface area contributed by atoms with Crippen LogP contribution in [0.1, 0.15) is 38.3 Å². The molecule has 0 aliphatic heterocycles. The van der Waals surface area contributed by atoms with E-state index in [4.69, 9.17) is 5.26 Å². The summed E-state index contributed by atoms with van der Waals surface area (Å²) in [7, 11) is 0. The molecule has 3 N–H and O–H groups in total. The number of nitrogens with one attached hydrogen (secondary N) is 3. The van der Waals surface area contributed by atoms with Gasteiger partial charge in [0.2, 0.25) is 0 Å². The Labute approximate surface area is 183 Å². The lowest BCUT2D eigenvalue weighted by Crippen LogP contribution is -2.33. The van der Waals surface area contributed by atoms with Crippen molar-refractivity contribution in [1.29, 1.82) is 5.26 Å². The Hall–Kier alpha value is -3.32. The van der Waals surface area contributed by atoms with E-state index >= 15 is 0 Å². The van der Waals surface area contributed by atoms with E-state index in [2.05, 4.69) is 20.7 Å². The molecule has 2 heterocycles. The molecule has 2 aromatic heterocycles. The van der Waals surface area contributed by atoms with E-state index in [-0.39, 0.29) is 17.7 Å². The Balaban J connectivity index is 0.000000913. The Morgan fingerprint density at radius 1 is 1.28 bits per heavy atom. The number of benzene rings is 1. The second-order valence-electron chi connectivity index (χ2n) is 7.54. The van der Waals surface area contributed by atoms with Gasteiger partial charge < -0.3 is 15.6 Å². The third kappa shape index (κ3) is 5.48. The quantitative estimate of drug-likeness (QED) is 0.492. The van der Waals surface area contributed by atoms with E-state index in [1.54, 1.807) is 31.3 Å². The zero-order chi connectivity index (χ0) is 23.3. The lowest BCUT2D eigenvalue weighted by Gasteiger charge is -2.21. The van der Waals surface area contributed by atoms with E-state index in [0.29, 0.717) is 22.8 Å². The highest BCUT2D eigenvalue weighted by Crippen LogP contribution is 2.34. The first-order chi connectivity index (χ1) is 15.3. The molecule has 1 aliphatic rings. The van der Waals surface area contributed by atoms with Crippen LogP contribution in [0.25, 0.3) is 10.9 Å². The fraction of sp³-hybridized carbons (Fsp3) is 0.409. The maximum atomic E-state index is 13.2. The van der Waals surface area contributed by atoms with Gasteiger partial charge in [0, 0.05) is 25.4 Å². The number of anilines is 2. The molecule has 1 aromatic carbocycles. The van der Waals surface area contributed by atoms with Crippen LogP contribution >= 0.6 is 0 Å². The Morgan fingerprint density at radius 2 is 1.94 bits per heavy atom. The number of aromatic nitrogens is 3. The van der Waals surface area contributed by atoms with Crippen LogP contribution in [0, 0.1) is 17.2 Å². The van der Waals surface area contributed by atoms with Crippen molar-refractivity contribution in [3.63, 3.8) is 0 Å². The van der Waals surface area contributed by atoms with E-state index in [1.165, 1.54) is 19.1 Å². The molecule has 1 saturated carbocycles. The number of hydrogen-bond acceptors (Lipinski definition) is 5. The lowest BCUT2D eigenvalue weighted by molar-refractivity contribution is -0.157. The van der Waals surface area contributed by atoms with Gasteiger partial charge in [0.25, 0.3) is 5.56 Å². The number of halogens is 3. The van der Waals surface area contributed by atoms with Crippen molar-refractivity contribution in [2.24, 2.45) is 5.92 Å². The molecule has 170 valence electrons. The second-order valence-corrected chi connectivity index (χ2v) is 7.54. The molecule has 0 bridgehead atoms. The molecule has 1 aliphatic carbocycles. The first-order valence-electron chi connectivity index (χ1n) is 10.3. The zero-order valence-electron chi connectivity index (χ0n) is 17.8. The summed E-state index contributed by atoms with van der Waals surface area (Å²) in [5, 5.41) is 17.9. The Kier molecular flexibility index (Phi) is 7.20. The summed E-state index contributed by atoms with van der Waals surface area (Å²) in [6.07, 6.45) is -0.482. The first-order valence-corrected chi connectivity index (χ1v) is 10.3. The summed E-state index contributed by atoms with van der Waals surface area (Å²) in [5.74, 6) is 0.976. The molecule has 0 spiro atoms. The molecule has 3 aromatic rings. The van der Waals surface area contributed by atoms with Gasteiger partial charge in [-0.15, -0.1) is 0 Å². The number of aromatic amines is 1. The molecule has 7 nitrogen and oxygen atoms in total. The van der Waals surface area contributed by atoms with E-state index in [9.17, 15) is 18.0 Å². The summed E-state index contributed by atoms with van der Waals surface area (Å²) in [5.41, 5.74) is 1.18. The Morgan fingerprint density at radius 3 is 2.50 bits per heavy atom. The van der Waals surface area contributed by atoms with Crippen LogP contribution in [-0.2, 0) is 6.54 Å². The van der Waals surface area contributed by atoms with E-state index < -0.39 is 12.2 Å². The predicted molar refractivity (Wildman–Crippen MR) is 117 cm³/mol. The fourth-order valence-electron chi connectivity index (χ4n) is 3.43. The van der Waals surface area contributed by atoms with Gasteiger partial charge in [-0.2, -0.15) is 23.5 Å². The largest absolute Gasteiger partial charge is 0.407 e. The average Bonchev–Trinajstić information content (AvgIpc) is 3.49. The molecule has 0 saturated heterocycles. The maximum absolute atomic E-state index is 13.2. The minimum Gasteiger partial charge on any atom is -0.338 e. The van der Waals surface area contributed by atoms with Gasteiger partial charge in [0.1, 0.15) is 11.4 Å². The van der Waals surface area contributed by atoms with Crippen LogP contribution < -0.4 is 16.2 Å². The van der Waals surface area contributed by atoms with Gasteiger partial charge in [0.05, 0.1) is 11.6 Å². The molecule has 0 amide bonds. The highest BCUT2D eigenvalue weighted by Gasteiger charge is 2.40. The summed E-state index contributed by atoms with van der Waals surface area (Å²) in [4.78, 5) is 15.0. The fourth-order valence-corrected chi connectivity index (χ4v) is 3.43. The van der Waals surface area contributed by atoms with Crippen LogP contribution in [-0.4, -0.2) is 27.5 Å². The summed E-state index contributed by atoms with van der Waals surface area (Å²) in [6.45, 7) is 4.02. The topological polar surface area (TPSA) is 98.5 Å². The minimum atomic E-state index is -4.38.